The van der Waals surface area contributed by atoms with E-state index in [0.717, 1.165) is 0 Å². The Bertz CT molecular complexity index is 673. The summed E-state index contributed by atoms with van der Waals surface area (Å²) < 4.78 is 5.24. The van der Waals surface area contributed by atoms with Crippen molar-refractivity contribution in [3.05, 3.63) is 15.1 Å². The molecule has 0 spiro atoms. The Balaban J connectivity index is 0.000000161. The summed E-state index contributed by atoms with van der Waals surface area (Å²) in [5.41, 5.74) is 5.60. The number of nitrogen functional groups attached to an aromatic ring is 1. The number of aliphatic hydroxyl groups is 3. The van der Waals surface area contributed by atoms with E-state index in [2.05, 4.69) is 35.9 Å². The zero-order valence-corrected chi connectivity index (χ0v) is 12.2. The molecule has 3 rings (SSSR count). The van der Waals surface area contributed by atoms with Gasteiger partial charge in [0.25, 0.3) is 5.56 Å². The number of rotatable bonds is 1. The Morgan fingerprint density at radius 1 is 1.38 bits per heavy atom. The van der Waals surface area contributed by atoms with Crippen LogP contribution in [0.3, 0.4) is 0 Å². The summed E-state index contributed by atoms with van der Waals surface area (Å²) in [6.07, 6.45) is -2.35. The maximum atomic E-state index is 11.1. The number of aromatic nitrogens is 4. The van der Waals surface area contributed by atoms with Crippen LogP contribution in [0.2, 0.25) is 0 Å². The first-order valence-electron chi connectivity index (χ1n) is 5.92. The lowest BCUT2D eigenvalue weighted by molar-refractivity contribution is -0.00588. The first-order valence-corrected chi connectivity index (χ1v) is 6.71. The molecule has 3 atom stereocenters. The van der Waals surface area contributed by atoms with Crippen LogP contribution in [0.4, 0.5) is 5.95 Å². The number of aromatic amines is 2. The highest BCUT2D eigenvalue weighted by Crippen LogP contribution is 2.12. The number of nitrogens with zero attached hydrogens (tertiary/aromatic N) is 2. The summed E-state index contributed by atoms with van der Waals surface area (Å²) in [5, 5.41) is 26.2. The molecule has 2 aromatic heterocycles. The summed E-state index contributed by atoms with van der Waals surface area (Å²) >= 11 is 3.08. The van der Waals surface area contributed by atoms with Crippen LogP contribution >= 0.6 is 15.9 Å². The molecule has 10 nitrogen and oxygen atoms in total. The maximum Gasteiger partial charge on any atom is 0.278 e. The highest BCUT2D eigenvalue weighted by molar-refractivity contribution is 9.10. The molecule has 11 heteroatoms. The van der Waals surface area contributed by atoms with Gasteiger partial charge in [-0.3, -0.25) is 9.78 Å². The number of ether oxygens (including phenoxy) is 1. The molecular formula is C10H14BrN5O5. The lowest BCUT2D eigenvalue weighted by Crippen LogP contribution is -2.31. The van der Waals surface area contributed by atoms with Crippen LogP contribution < -0.4 is 11.3 Å². The van der Waals surface area contributed by atoms with Gasteiger partial charge in [-0.25, -0.2) is 4.98 Å². The van der Waals surface area contributed by atoms with E-state index in [1.807, 2.05) is 0 Å². The van der Waals surface area contributed by atoms with E-state index in [-0.39, 0.29) is 24.7 Å². The molecule has 3 heterocycles. The van der Waals surface area contributed by atoms with Crippen LogP contribution in [0.15, 0.2) is 9.53 Å². The van der Waals surface area contributed by atoms with Gasteiger partial charge in [-0.15, -0.1) is 0 Å². The molecule has 0 bridgehead atoms. The minimum absolute atomic E-state index is 0.0616. The molecular weight excluding hydrogens is 350 g/mol. The van der Waals surface area contributed by atoms with Gasteiger partial charge in [0.05, 0.1) is 13.2 Å². The minimum Gasteiger partial charge on any atom is -0.394 e. The first-order chi connectivity index (χ1) is 9.92. The van der Waals surface area contributed by atoms with Gasteiger partial charge in [-0.1, -0.05) is 0 Å². The Hall–Kier alpha value is -1.53. The van der Waals surface area contributed by atoms with E-state index in [1.165, 1.54) is 0 Å². The van der Waals surface area contributed by atoms with E-state index >= 15 is 0 Å². The molecule has 0 radical (unpaired) electrons. The van der Waals surface area contributed by atoms with E-state index < -0.39 is 18.3 Å². The Labute approximate surface area is 126 Å². The largest absolute Gasteiger partial charge is 0.394 e. The highest BCUT2D eigenvalue weighted by atomic mass is 79.9. The average molecular weight is 364 g/mol. The summed E-state index contributed by atoms with van der Waals surface area (Å²) in [6.45, 7) is -0.120. The second-order valence-corrected chi connectivity index (χ2v) is 5.04. The number of aliphatic hydroxyl groups excluding tert-OH is 3. The summed E-state index contributed by atoms with van der Waals surface area (Å²) in [4.78, 5) is 23.9. The van der Waals surface area contributed by atoms with Crippen molar-refractivity contribution in [2.45, 2.75) is 18.3 Å². The number of hydrogen-bond acceptors (Lipinski definition) is 8. The molecule has 0 aliphatic carbocycles. The van der Waals surface area contributed by atoms with E-state index in [1.54, 1.807) is 0 Å². The van der Waals surface area contributed by atoms with Crippen molar-refractivity contribution in [2.75, 3.05) is 18.9 Å². The summed E-state index contributed by atoms with van der Waals surface area (Å²) in [7, 11) is 0. The monoisotopic (exact) mass is 363 g/mol. The second-order valence-electron chi connectivity index (χ2n) is 4.29. The van der Waals surface area contributed by atoms with E-state index in [9.17, 15) is 4.79 Å². The van der Waals surface area contributed by atoms with Crippen molar-refractivity contribution in [1.29, 1.82) is 0 Å². The molecule has 0 aromatic carbocycles. The molecule has 7 N–H and O–H groups in total. The lowest BCUT2D eigenvalue weighted by atomic mass is 10.2. The molecule has 0 saturated carbocycles. The van der Waals surface area contributed by atoms with Crippen LogP contribution in [-0.2, 0) is 4.74 Å². The number of fused-ring (bicyclic) bond motifs is 1. The Kier molecular flexibility index (Phi) is 4.90. The number of H-pyrrole nitrogens is 2. The number of anilines is 1. The van der Waals surface area contributed by atoms with Crippen LogP contribution in [0.25, 0.3) is 11.2 Å². The lowest BCUT2D eigenvalue weighted by Gasteiger charge is -2.10. The summed E-state index contributed by atoms with van der Waals surface area (Å²) in [6, 6.07) is 0. The van der Waals surface area contributed by atoms with Gasteiger partial charge in [0, 0.05) is 0 Å². The third-order valence-electron chi connectivity index (χ3n) is 2.79. The molecule has 21 heavy (non-hydrogen) atoms. The van der Waals surface area contributed by atoms with Crippen molar-refractivity contribution in [1.82, 2.24) is 19.9 Å². The number of imidazole rings is 1. The summed E-state index contributed by atoms with van der Waals surface area (Å²) in [5.74, 6) is 0.0616. The maximum absolute atomic E-state index is 11.1. The van der Waals surface area contributed by atoms with Gasteiger partial charge in [0.1, 0.15) is 18.3 Å². The zero-order chi connectivity index (χ0) is 15.6. The van der Waals surface area contributed by atoms with Crippen molar-refractivity contribution in [2.24, 2.45) is 0 Å². The quantitative estimate of drug-likeness (QED) is 0.318. The van der Waals surface area contributed by atoms with Crippen molar-refractivity contribution >= 4 is 33.0 Å². The molecule has 1 aliphatic rings. The fourth-order valence-electron chi connectivity index (χ4n) is 1.72. The van der Waals surface area contributed by atoms with Crippen LogP contribution in [0.1, 0.15) is 0 Å². The molecule has 2 aromatic rings. The average Bonchev–Trinajstić information content (AvgIpc) is 2.94. The topological polar surface area (TPSA) is 170 Å². The zero-order valence-electron chi connectivity index (χ0n) is 10.7. The van der Waals surface area contributed by atoms with E-state index in [0.29, 0.717) is 15.9 Å². The number of nitrogens with two attached hydrogens (primary N) is 1. The van der Waals surface area contributed by atoms with E-state index in [4.69, 9.17) is 25.8 Å². The fourth-order valence-corrected chi connectivity index (χ4v) is 2.09. The van der Waals surface area contributed by atoms with Crippen molar-refractivity contribution < 1.29 is 20.1 Å². The predicted octanol–water partition coefficient (Wildman–Crippen LogP) is -1.91. The predicted molar refractivity (Wildman–Crippen MR) is 75.5 cm³/mol. The molecule has 1 aliphatic heterocycles. The van der Waals surface area contributed by atoms with Gasteiger partial charge in [0.15, 0.2) is 15.9 Å². The van der Waals surface area contributed by atoms with Gasteiger partial charge in [0.2, 0.25) is 5.95 Å². The third-order valence-corrected chi connectivity index (χ3v) is 3.16. The smallest absolute Gasteiger partial charge is 0.278 e. The normalized spacial score (nSPS) is 24.9. The fraction of sp³-hybridized carbons (Fsp3) is 0.500. The van der Waals surface area contributed by atoms with Crippen molar-refractivity contribution in [3.8, 4) is 0 Å². The Morgan fingerprint density at radius 2 is 2.10 bits per heavy atom. The highest BCUT2D eigenvalue weighted by Gasteiger charge is 2.33. The molecule has 0 amide bonds. The standard InChI is InChI=1S/C5H4BrN5O.C5H10O4/c6-4-8-1-2(9-4)10-5(7)11-3(1)12;6-1-4-5(8)3(7)2-9-4/h(H4,7,8,9,10,11,12);3-8H,1-2H2/t;3-,4+,5-/m.0/s1. The molecule has 116 valence electrons. The second kappa shape index (κ2) is 6.49. The number of halogens is 1. The molecule has 1 fully saturated rings. The minimum atomic E-state index is -0.921. The van der Waals surface area contributed by atoms with Crippen molar-refractivity contribution in [3.63, 3.8) is 0 Å². The number of nitrogens with one attached hydrogen (secondary N) is 2. The third kappa shape index (κ3) is 3.57. The van der Waals surface area contributed by atoms with Crippen LogP contribution in [-0.4, -0.2) is 66.8 Å². The Morgan fingerprint density at radius 3 is 2.62 bits per heavy atom. The van der Waals surface area contributed by atoms with Crippen LogP contribution in [0, 0.1) is 0 Å². The van der Waals surface area contributed by atoms with Gasteiger partial charge < -0.3 is 30.8 Å². The molecule has 0 unspecified atom stereocenters. The van der Waals surface area contributed by atoms with Gasteiger partial charge in [-0.05, 0) is 15.9 Å². The SMILES string of the molecule is Nc1nc2nc(Br)[nH]c2c(=O)[nH]1.OC[C@H]1OC[C@H](O)[C@@H]1O. The molecule has 1 saturated heterocycles. The first kappa shape index (κ1) is 15.9. The van der Waals surface area contributed by atoms with Gasteiger partial charge in [-0.2, -0.15) is 4.98 Å². The van der Waals surface area contributed by atoms with Gasteiger partial charge >= 0.3 is 0 Å². The number of hydrogen-bond donors (Lipinski definition) is 6. The van der Waals surface area contributed by atoms with Crippen LogP contribution in [0.5, 0.6) is 0 Å².